The summed E-state index contributed by atoms with van der Waals surface area (Å²) >= 11 is 0. The molecule has 0 radical (unpaired) electrons. The van der Waals surface area contributed by atoms with Crippen LogP contribution in [-0.2, 0) is 6.54 Å². The number of likely N-dealkylation sites (tertiary alicyclic amines) is 1. The molecule has 0 amide bonds. The molecular weight excluding hydrogens is 412 g/mol. The molecule has 4 aromatic rings. The maximum Gasteiger partial charge on any atom is 0.297 e. The van der Waals surface area contributed by atoms with E-state index in [1.807, 2.05) is 0 Å². The van der Waals surface area contributed by atoms with E-state index < -0.39 is 0 Å². The minimum atomic E-state index is -0.185. The largest absolute Gasteiger partial charge is 0.363 e. The number of piperidine rings is 1. The number of rotatable bonds is 6. The van der Waals surface area contributed by atoms with Gasteiger partial charge in [0.2, 0.25) is 0 Å². The zero-order chi connectivity index (χ0) is 22.6. The van der Waals surface area contributed by atoms with Crippen LogP contribution in [0.1, 0.15) is 28.8 Å². The van der Waals surface area contributed by atoms with E-state index in [-0.39, 0.29) is 11.6 Å². The number of anilines is 1. The number of hydrogen-bond acceptors (Lipinski definition) is 5. The average molecular weight is 439 g/mol. The summed E-state index contributed by atoms with van der Waals surface area (Å²) < 4.78 is 1.55. The van der Waals surface area contributed by atoms with Gasteiger partial charge in [0.05, 0.1) is 0 Å². The van der Waals surface area contributed by atoms with Gasteiger partial charge >= 0.3 is 0 Å². The highest BCUT2D eigenvalue weighted by molar-refractivity contribution is 5.83. The Labute approximate surface area is 192 Å². The molecule has 0 saturated carbocycles. The van der Waals surface area contributed by atoms with Crippen molar-refractivity contribution < 1.29 is 4.79 Å². The van der Waals surface area contributed by atoms with Crippen LogP contribution in [0.2, 0.25) is 0 Å². The second-order valence-electron chi connectivity index (χ2n) is 8.54. The van der Waals surface area contributed by atoms with Gasteiger partial charge in [-0.1, -0.05) is 36.4 Å². The van der Waals surface area contributed by atoms with E-state index in [4.69, 9.17) is 0 Å². The molecule has 1 aromatic heterocycles. The van der Waals surface area contributed by atoms with E-state index in [1.165, 1.54) is 16.3 Å². The van der Waals surface area contributed by atoms with Gasteiger partial charge in [-0.25, -0.2) is 4.98 Å². The Balaban J connectivity index is 1.22. The third-order valence-electron chi connectivity index (χ3n) is 6.30. The minimum absolute atomic E-state index is 0.185. The Kier molecular flexibility index (Phi) is 6.00. The number of carbonyl (C=O) groups excluding carboxylic acids is 1. The SMILES string of the molecule is O=Cc1ccc(-n2ccnc(NC3CCN(Cc4ccc5ccccc5c4)CC3)c2=O)cc1. The number of hydrogen-bond donors (Lipinski definition) is 1. The van der Waals surface area contributed by atoms with Crippen molar-refractivity contribution in [3.8, 4) is 5.69 Å². The lowest BCUT2D eigenvalue weighted by molar-refractivity contribution is 0.112. The monoisotopic (exact) mass is 438 g/mol. The van der Waals surface area contributed by atoms with Gasteiger partial charge in [-0.15, -0.1) is 0 Å². The van der Waals surface area contributed by atoms with Crippen LogP contribution in [0.25, 0.3) is 16.5 Å². The quantitative estimate of drug-likeness (QED) is 0.455. The summed E-state index contributed by atoms with van der Waals surface area (Å²) in [6.45, 7) is 2.88. The Morgan fingerprint density at radius 1 is 0.970 bits per heavy atom. The van der Waals surface area contributed by atoms with Crippen LogP contribution in [0, 0.1) is 0 Å². The lowest BCUT2D eigenvalue weighted by Crippen LogP contribution is -2.40. The maximum absolute atomic E-state index is 13.0. The molecule has 33 heavy (non-hydrogen) atoms. The van der Waals surface area contributed by atoms with E-state index in [0.29, 0.717) is 17.1 Å². The summed E-state index contributed by atoms with van der Waals surface area (Å²) in [5, 5.41) is 5.91. The molecular formula is C27H26N4O2. The molecule has 5 rings (SSSR count). The second kappa shape index (κ2) is 9.38. The molecule has 0 aliphatic carbocycles. The van der Waals surface area contributed by atoms with Crippen LogP contribution in [0.15, 0.2) is 83.9 Å². The summed E-state index contributed by atoms with van der Waals surface area (Å²) in [4.78, 5) is 30.6. The maximum atomic E-state index is 13.0. The Morgan fingerprint density at radius 2 is 1.73 bits per heavy atom. The van der Waals surface area contributed by atoms with Crippen molar-refractivity contribution in [3.05, 3.63) is 101 Å². The standard InChI is InChI=1S/C27H26N4O2/c32-19-20-6-9-25(10-7-20)31-16-13-28-26(27(31)33)29-24-11-14-30(15-12-24)18-21-5-8-22-3-1-2-4-23(22)17-21/h1-10,13,16-17,19,24H,11-12,14-15,18H2,(H,28,29). The van der Waals surface area contributed by atoms with E-state index in [2.05, 4.69) is 57.7 Å². The van der Waals surface area contributed by atoms with E-state index >= 15 is 0 Å². The number of aldehydes is 1. The Morgan fingerprint density at radius 3 is 2.48 bits per heavy atom. The zero-order valence-electron chi connectivity index (χ0n) is 18.4. The predicted molar refractivity (Wildman–Crippen MR) is 131 cm³/mol. The second-order valence-corrected chi connectivity index (χ2v) is 8.54. The molecule has 1 N–H and O–H groups in total. The van der Waals surface area contributed by atoms with Gasteiger partial charge in [-0.05, 0) is 59.5 Å². The number of carbonyl (C=O) groups is 1. The van der Waals surface area contributed by atoms with Gasteiger partial charge in [0.25, 0.3) is 5.56 Å². The van der Waals surface area contributed by atoms with Gasteiger partial charge in [-0.2, -0.15) is 0 Å². The van der Waals surface area contributed by atoms with Crippen molar-refractivity contribution in [1.82, 2.24) is 14.5 Å². The first-order valence-corrected chi connectivity index (χ1v) is 11.3. The summed E-state index contributed by atoms with van der Waals surface area (Å²) in [6.07, 6.45) is 5.98. The van der Waals surface area contributed by atoms with Crippen LogP contribution in [-0.4, -0.2) is 39.9 Å². The number of aromatic nitrogens is 2. The summed E-state index contributed by atoms with van der Waals surface area (Å²) in [7, 11) is 0. The highest BCUT2D eigenvalue weighted by Crippen LogP contribution is 2.20. The first-order chi connectivity index (χ1) is 16.2. The van der Waals surface area contributed by atoms with Crippen molar-refractivity contribution in [3.63, 3.8) is 0 Å². The van der Waals surface area contributed by atoms with Gasteiger partial charge in [0.1, 0.15) is 6.29 Å². The molecule has 1 fully saturated rings. The minimum Gasteiger partial charge on any atom is -0.363 e. The van der Waals surface area contributed by atoms with E-state index in [0.717, 1.165) is 38.8 Å². The van der Waals surface area contributed by atoms with Crippen LogP contribution < -0.4 is 10.9 Å². The summed E-state index contributed by atoms with van der Waals surface area (Å²) in [5.41, 5.74) is 2.43. The molecule has 2 heterocycles. The van der Waals surface area contributed by atoms with Crippen LogP contribution in [0.5, 0.6) is 0 Å². The zero-order valence-corrected chi connectivity index (χ0v) is 18.4. The number of nitrogens with zero attached hydrogens (tertiary/aromatic N) is 3. The van der Waals surface area contributed by atoms with E-state index in [1.54, 1.807) is 41.2 Å². The van der Waals surface area contributed by atoms with Crippen LogP contribution in [0.4, 0.5) is 5.82 Å². The summed E-state index contributed by atoms with van der Waals surface area (Å²) in [6, 6.07) is 22.3. The molecule has 166 valence electrons. The Bertz CT molecular complexity index is 1320. The highest BCUT2D eigenvalue weighted by atomic mass is 16.1. The first kappa shape index (κ1) is 21.1. The molecule has 1 saturated heterocycles. The topological polar surface area (TPSA) is 67.2 Å². The fourth-order valence-electron chi connectivity index (χ4n) is 4.45. The number of benzene rings is 3. The lowest BCUT2D eigenvalue weighted by Gasteiger charge is -2.32. The third-order valence-corrected chi connectivity index (χ3v) is 6.30. The molecule has 1 aliphatic heterocycles. The predicted octanol–water partition coefficient (Wildman–Crippen LogP) is 4.27. The Hall–Kier alpha value is -3.77. The normalized spacial score (nSPS) is 14.9. The fraction of sp³-hybridized carbons (Fsp3) is 0.222. The summed E-state index contributed by atoms with van der Waals surface area (Å²) in [5.74, 6) is 0.366. The van der Waals surface area contributed by atoms with Gasteiger partial charge < -0.3 is 5.32 Å². The molecule has 6 heteroatoms. The highest BCUT2D eigenvalue weighted by Gasteiger charge is 2.21. The average Bonchev–Trinajstić information content (AvgIpc) is 2.86. The van der Waals surface area contributed by atoms with Gasteiger partial charge in [0.15, 0.2) is 5.82 Å². The number of nitrogens with one attached hydrogen (secondary N) is 1. The van der Waals surface area contributed by atoms with Crippen LogP contribution in [0.3, 0.4) is 0 Å². The lowest BCUT2D eigenvalue weighted by atomic mass is 10.0. The first-order valence-electron chi connectivity index (χ1n) is 11.3. The molecule has 1 aliphatic rings. The third kappa shape index (κ3) is 4.71. The van der Waals surface area contributed by atoms with Crippen molar-refractivity contribution in [2.75, 3.05) is 18.4 Å². The van der Waals surface area contributed by atoms with Crippen molar-refractivity contribution in [2.45, 2.75) is 25.4 Å². The molecule has 0 spiro atoms. The van der Waals surface area contributed by atoms with Crippen molar-refractivity contribution in [1.29, 1.82) is 0 Å². The molecule has 6 nitrogen and oxygen atoms in total. The van der Waals surface area contributed by atoms with E-state index in [9.17, 15) is 9.59 Å². The molecule has 0 unspecified atom stereocenters. The molecule has 3 aromatic carbocycles. The van der Waals surface area contributed by atoms with Crippen LogP contribution >= 0.6 is 0 Å². The van der Waals surface area contributed by atoms with Crippen molar-refractivity contribution in [2.24, 2.45) is 0 Å². The molecule has 0 atom stereocenters. The smallest absolute Gasteiger partial charge is 0.297 e. The fourth-order valence-corrected chi connectivity index (χ4v) is 4.45. The number of fused-ring (bicyclic) bond motifs is 1. The molecule has 0 bridgehead atoms. The van der Waals surface area contributed by atoms with Gasteiger partial charge in [-0.3, -0.25) is 19.1 Å². The van der Waals surface area contributed by atoms with Crippen molar-refractivity contribution >= 4 is 22.9 Å². The van der Waals surface area contributed by atoms with Gasteiger partial charge in [0, 0.05) is 49.3 Å².